The fourth-order valence-corrected chi connectivity index (χ4v) is 3.57. The molecule has 0 aliphatic rings. The average molecular weight is 307 g/mol. The van der Waals surface area contributed by atoms with Crippen LogP contribution in [0.15, 0.2) is 29.2 Å². The van der Waals surface area contributed by atoms with Gasteiger partial charge in [-0.1, -0.05) is 26.0 Å². The highest BCUT2D eigenvalue weighted by Gasteiger charge is 2.10. The molecule has 1 heterocycles. The van der Waals surface area contributed by atoms with E-state index in [1.54, 1.807) is 11.8 Å². The molecule has 2 nitrogen and oxygen atoms in total. The molecule has 0 saturated heterocycles. The Balaban J connectivity index is 2.18. The van der Waals surface area contributed by atoms with Crippen LogP contribution >= 0.6 is 23.1 Å². The topological polar surface area (TPSA) is 24.9 Å². The molecular formula is C16H22N2S2. The van der Waals surface area contributed by atoms with Crippen molar-refractivity contribution in [3.05, 3.63) is 34.8 Å². The molecule has 0 bridgehead atoms. The summed E-state index contributed by atoms with van der Waals surface area (Å²) in [6.07, 6.45) is 4.27. The van der Waals surface area contributed by atoms with Crippen molar-refractivity contribution in [2.24, 2.45) is 0 Å². The van der Waals surface area contributed by atoms with Crippen LogP contribution in [0.1, 0.15) is 30.8 Å². The summed E-state index contributed by atoms with van der Waals surface area (Å²) in [5.41, 5.74) is 2.46. The number of benzene rings is 1. The summed E-state index contributed by atoms with van der Waals surface area (Å²) in [7, 11) is 0. The maximum absolute atomic E-state index is 4.80. The second kappa shape index (κ2) is 7.81. The number of aryl methyl sites for hydroxylation is 1. The van der Waals surface area contributed by atoms with Crippen molar-refractivity contribution in [3.8, 4) is 10.6 Å². The van der Waals surface area contributed by atoms with Gasteiger partial charge in [0.2, 0.25) is 0 Å². The number of rotatable bonds is 7. The van der Waals surface area contributed by atoms with Gasteiger partial charge in [-0.15, -0.1) is 23.1 Å². The highest BCUT2D eigenvalue weighted by molar-refractivity contribution is 7.98. The average Bonchev–Trinajstić information content (AvgIpc) is 2.91. The van der Waals surface area contributed by atoms with Gasteiger partial charge in [-0.3, -0.25) is 0 Å². The lowest BCUT2D eigenvalue weighted by atomic mass is 10.2. The van der Waals surface area contributed by atoms with E-state index in [0.717, 1.165) is 24.5 Å². The molecule has 0 amide bonds. The predicted octanol–water partition coefficient (Wildman–Crippen LogP) is 4.59. The molecular weight excluding hydrogens is 284 g/mol. The maximum atomic E-state index is 4.80. The molecule has 0 aliphatic heterocycles. The third-order valence-corrected chi connectivity index (χ3v) is 5.05. The Bertz CT molecular complexity index is 532. The molecule has 4 heteroatoms. The van der Waals surface area contributed by atoms with E-state index in [9.17, 15) is 0 Å². The van der Waals surface area contributed by atoms with Crippen LogP contribution in [0.3, 0.4) is 0 Å². The fraction of sp³-hybridized carbons (Fsp3) is 0.438. The third-order valence-electron chi connectivity index (χ3n) is 3.16. The van der Waals surface area contributed by atoms with Crippen molar-refractivity contribution in [1.82, 2.24) is 10.3 Å². The first kappa shape index (κ1) is 15.5. The second-order valence-corrected chi connectivity index (χ2v) is 6.61. The lowest BCUT2D eigenvalue weighted by Gasteiger charge is -2.01. The van der Waals surface area contributed by atoms with Crippen molar-refractivity contribution in [1.29, 1.82) is 0 Å². The zero-order valence-corrected chi connectivity index (χ0v) is 14.0. The maximum Gasteiger partial charge on any atom is 0.123 e. The van der Waals surface area contributed by atoms with Crippen LogP contribution in [0.2, 0.25) is 0 Å². The standard InChI is InChI=1S/C16H22N2S2/c1-4-10-17-11-15-14(5-2)18-16(20-15)12-6-8-13(19-3)9-7-12/h6-9,17H,4-5,10-11H2,1-3H3. The van der Waals surface area contributed by atoms with Gasteiger partial charge in [-0.25, -0.2) is 4.98 Å². The van der Waals surface area contributed by atoms with E-state index in [2.05, 4.69) is 49.7 Å². The lowest BCUT2D eigenvalue weighted by molar-refractivity contribution is 0.677. The van der Waals surface area contributed by atoms with Gasteiger partial charge in [0.1, 0.15) is 5.01 Å². The number of aromatic nitrogens is 1. The molecule has 0 unspecified atom stereocenters. The summed E-state index contributed by atoms with van der Waals surface area (Å²) in [6.45, 7) is 6.38. The number of hydrogen-bond acceptors (Lipinski definition) is 4. The number of hydrogen-bond donors (Lipinski definition) is 1. The molecule has 1 aromatic heterocycles. The van der Waals surface area contributed by atoms with E-state index in [1.807, 2.05) is 11.3 Å². The molecule has 1 aromatic carbocycles. The quantitative estimate of drug-likeness (QED) is 0.598. The van der Waals surface area contributed by atoms with Crippen LogP contribution in [0.5, 0.6) is 0 Å². The zero-order chi connectivity index (χ0) is 14.4. The van der Waals surface area contributed by atoms with Gasteiger partial charge in [0.15, 0.2) is 0 Å². The molecule has 1 N–H and O–H groups in total. The number of nitrogens with one attached hydrogen (secondary N) is 1. The Hall–Kier alpha value is -0.840. The molecule has 0 aliphatic carbocycles. The van der Waals surface area contributed by atoms with E-state index < -0.39 is 0 Å². The lowest BCUT2D eigenvalue weighted by Crippen LogP contribution is -2.13. The van der Waals surface area contributed by atoms with Gasteiger partial charge in [0, 0.05) is 21.9 Å². The van der Waals surface area contributed by atoms with Gasteiger partial charge >= 0.3 is 0 Å². The summed E-state index contributed by atoms with van der Waals surface area (Å²) in [4.78, 5) is 7.48. The summed E-state index contributed by atoms with van der Waals surface area (Å²) in [5, 5.41) is 4.62. The van der Waals surface area contributed by atoms with Gasteiger partial charge < -0.3 is 5.32 Å². The molecule has 0 saturated carbocycles. The van der Waals surface area contributed by atoms with Crippen molar-refractivity contribution in [2.75, 3.05) is 12.8 Å². The van der Waals surface area contributed by atoms with E-state index in [-0.39, 0.29) is 0 Å². The minimum absolute atomic E-state index is 0.942. The van der Waals surface area contributed by atoms with Crippen LogP contribution < -0.4 is 5.32 Å². The van der Waals surface area contributed by atoms with E-state index in [0.29, 0.717) is 0 Å². The predicted molar refractivity (Wildman–Crippen MR) is 90.7 cm³/mol. The number of thioether (sulfide) groups is 1. The monoisotopic (exact) mass is 306 g/mol. The van der Waals surface area contributed by atoms with Crippen LogP contribution in [-0.2, 0) is 13.0 Å². The van der Waals surface area contributed by atoms with Crippen molar-refractivity contribution in [2.45, 2.75) is 38.1 Å². The van der Waals surface area contributed by atoms with Gasteiger partial charge in [-0.05, 0) is 37.8 Å². The molecule has 0 radical (unpaired) electrons. The smallest absolute Gasteiger partial charge is 0.123 e. The van der Waals surface area contributed by atoms with Crippen LogP contribution in [0.4, 0.5) is 0 Å². The van der Waals surface area contributed by atoms with Crippen LogP contribution in [0.25, 0.3) is 10.6 Å². The van der Waals surface area contributed by atoms with Gasteiger partial charge in [0.05, 0.1) is 5.69 Å². The second-order valence-electron chi connectivity index (χ2n) is 4.65. The largest absolute Gasteiger partial charge is 0.312 e. The first-order chi connectivity index (χ1) is 9.78. The Morgan fingerprint density at radius 3 is 2.55 bits per heavy atom. The fourth-order valence-electron chi connectivity index (χ4n) is 2.03. The van der Waals surface area contributed by atoms with Crippen LogP contribution in [0, 0.1) is 0 Å². The van der Waals surface area contributed by atoms with Crippen LogP contribution in [-0.4, -0.2) is 17.8 Å². The highest BCUT2D eigenvalue weighted by Crippen LogP contribution is 2.29. The first-order valence-corrected chi connectivity index (χ1v) is 9.16. The minimum atomic E-state index is 0.942. The minimum Gasteiger partial charge on any atom is -0.312 e. The zero-order valence-electron chi connectivity index (χ0n) is 12.4. The number of nitrogens with zero attached hydrogens (tertiary/aromatic N) is 1. The SMILES string of the molecule is CCCNCc1sc(-c2ccc(SC)cc2)nc1CC. The van der Waals surface area contributed by atoms with E-state index in [1.165, 1.54) is 27.5 Å². The Kier molecular flexibility index (Phi) is 6.07. The van der Waals surface area contributed by atoms with Gasteiger partial charge in [-0.2, -0.15) is 0 Å². The molecule has 0 atom stereocenters. The molecule has 2 aromatic rings. The van der Waals surface area contributed by atoms with Crippen molar-refractivity contribution in [3.63, 3.8) is 0 Å². The third kappa shape index (κ3) is 3.84. The van der Waals surface area contributed by atoms with Crippen molar-refractivity contribution < 1.29 is 0 Å². The molecule has 108 valence electrons. The highest BCUT2D eigenvalue weighted by atomic mass is 32.2. The summed E-state index contributed by atoms with van der Waals surface area (Å²) >= 11 is 3.59. The summed E-state index contributed by atoms with van der Waals surface area (Å²) in [6, 6.07) is 8.69. The Labute approximate surface area is 130 Å². The van der Waals surface area contributed by atoms with E-state index >= 15 is 0 Å². The summed E-state index contributed by atoms with van der Waals surface area (Å²) < 4.78 is 0. The summed E-state index contributed by atoms with van der Waals surface area (Å²) in [5.74, 6) is 0. The molecule has 20 heavy (non-hydrogen) atoms. The first-order valence-electron chi connectivity index (χ1n) is 7.12. The number of thiazole rings is 1. The molecule has 0 fully saturated rings. The molecule has 0 spiro atoms. The van der Waals surface area contributed by atoms with Crippen molar-refractivity contribution >= 4 is 23.1 Å². The Morgan fingerprint density at radius 1 is 1.20 bits per heavy atom. The normalized spacial score (nSPS) is 10.9. The molecule has 2 rings (SSSR count). The Morgan fingerprint density at radius 2 is 1.95 bits per heavy atom. The van der Waals surface area contributed by atoms with Gasteiger partial charge in [0.25, 0.3) is 0 Å². The van der Waals surface area contributed by atoms with E-state index in [4.69, 9.17) is 4.98 Å².